The molecule has 4 nitrogen and oxygen atoms in total. The van der Waals surface area contributed by atoms with Gasteiger partial charge in [-0.15, -0.1) is 0 Å². The van der Waals surface area contributed by atoms with Gasteiger partial charge in [-0.05, 0) is 35.0 Å². The Kier molecular flexibility index (Phi) is 2.64. The third-order valence-corrected chi connectivity index (χ3v) is 2.31. The lowest BCUT2D eigenvalue weighted by Crippen LogP contribution is -2.19. The highest BCUT2D eigenvalue weighted by molar-refractivity contribution is 5.93. The first-order valence-corrected chi connectivity index (χ1v) is 4.83. The highest BCUT2D eigenvalue weighted by atomic mass is 16.5. The van der Waals surface area contributed by atoms with Gasteiger partial charge in [-0.25, -0.2) is 4.79 Å². The monoisotopic (exact) mass is 216 g/mol. The lowest BCUT2D eigenvalue weighted by Gasteiger charge is -2.05. The number of ether oxygens (including phenoxy) is 1. The lowest BCUT2D eigenvalue weighted by molar-refractivity contribution is 0.259. The third-order valence-electron chi connectivity index (χ3n) is 2.31. The minimum absolute atomic E-state index is 0.562. The molecule has 0 saturated heterocycles. The Bertz CT molecular complexity index is 538. The molecule has 2 aromatic rings. The summed E-state index contributed by atoms with van der Waals surface area (Å²) in [5.41, 5.74) is 5.73. The topological polar surface area (TPSA) is 64.3 Å². The van der Waals surface area contributed by atoms with Crippen molar-refractivity contribution in [3.8, 4) is 5.75 Å². The van der Waals surface area contributed by atoms with Gasteiger partial charge in [-0.2, -0.15) is 0 Å². The van der Waals surface area contributed by atoms with Gasteiger partial charge in [0, 0.05) is 5.69 Å². The van der Waals surface area contributed by atoms with Crippen molar-refractivity contribution in [1.29, 1.82) is 0 Å². The number of urea groups is 1. The Hall–Kier alpha value is -2.23. The Labute approximate surface area is 93.0 Å². The molecule has 3 N–H and O–H groups in total. The van der Waals surface area contributed by atoms with Crippen LogP contribution in [0, 0.1) is 0 Å². The number of methoxy groups -OCH3 is 1. The first-order valence-electron chi connectivity index (χ1n) is 4.83. The van der Waals surface area contributed by atoms with Crippen LogP contribution in [0.4, 0.5) is 10.5 Å². The average Bonchev–Trinajstić information content (AvgIpc) is 2.27. The fraction of sp³-hybridized carbons (Fsp3) is 0.0833. The Morgan fingerprint density at radius 1 is 1.19 bits per heavy atom. The number of carbonyl (C=O) groups is 1. The van der Waals surface area contributed by atoms with E-state index in [2.05, 4.69) is 5.32 Å². The van der Waals surface area contributed by atoms with Crippen LogP contribution in [0.3, 0.4) is 0 Å². The first-order chi connectivity index (χ1) is 7.69. The minimum atomic E-state index is -0.562. The van der Waals surface area contributed by atoms with E-state index in [9.17, 15) is 4.79 Å². The van der Waals surface area contributed by atoms with Crippen LogP contribution in [0.5, 0.6) is 5.75 Å². The molecule has 0 heterocycles. The summed E-state index contributed by atoms with van der Waals surface area (Å²) in [6.45, 7) is 0. The summed E-state index contributed by atoms with van der Waals surface area (Å²) in [6.07, 6.45) is 0. The molecule has 16 heavy (non-hydrogen) atoms. The zero-order chi connectivity index (χ0) is 11.5. The van der Waals surface area contributed by atoms with Gasteiger partial charge < -0.3 is 15.8 Å². The molecule has 0 aliphatic carbocycles. The van der Waals surface area contributed by atoms with Crippen LogP contribution >= 0.6 is 0 Å². The van der Waals surface area contributed by atoms with Gasteiger partial charge in [-0.3, -0.25) is 0 Å². The standard InChI is InChI=1S/C12H12N2O2/c1-16-11-5-3-8-6-10(14-12(13)15)4-2-9(8)7-11/h2-7H,1H3,(H3,13,14,15). The van der Waals surface area contributed by atoms with Crippen molar-refractivity contribution >= 4 is 22.5 Å². The molecule has 82 valence electrons. The number of fused-ring (bicyclic) bond motifs is 1. The van der Waals surface area contributed by atoms with Gasteiger partial charge in [-0.1, -0.05) is 12.1 Å². The smallest absolute Gasteiger partial charge is 0.316 e. The van der Waals surface area contributed by atoms with Crippen LogP contribution < -0.4 is 15.8 Å². The van der Waals surface area contributed by atoms with Gasteiger partial charge in [0.2, 0.25) is 0 Å². The quantitative estimate of drug-likeness (QED) is 0.809. The van der Waals surface area contributed by atoms with Gasteiger partial charge in [0.1, 0.15) is 5.75 Å². The second-order valence-corrected chi connectivity index (χ2v) is 3.42. The van der Waals surface area contributed by atoms with E-state index in [-0.39, 0.29) is 0 Å². The molecule has 4 heteroatoms. The number of carbonyl (C=O) groups excluding carboxylic acids is 1. The highest BCUT2D eigenvalue weighted by Crippen LogP contribution is 2.23. The summed E-state index contributed by atoms with van der Waals surface area (Å²) in [5.74, 6) is 0.808. The Balaban J connectivity index is 2.43. The van der Waals surface area contributed by atoms with Crippen LogP contribution in [-0.2, 0) is 0 Å². The number of hydrogen-bond acceptors (Lipinski definition) is 2. The molecule has 0 atom stereocenters. The molecule has 0 bridgehead atoms. The van der Waals surface area contributed by atoms with Crippen molar-refractivity contribution in [2.45, 2.75) is 0 Å². The summed E-state index contributed by atoms with van der Waals surface area (Å²) < 4.78 is 5.13. The van der Waals surface area contributed by atoms with E-state index in [1.54, 1.807) is 13.2 Å². The number of nitrogens with one attached hydrogen (secondary N) is 1. The first kappa shape index (κ1) is 10.3. The number of anilines is 1. The number of rotatable bonds is 2. The molecule has 0 aliphatic rings. The molecule has 2 aromatic carbocycles. The van der Waals surface area contributed by atoms with Crippen molar-refractivity contribution in [2.24, 2.45) is 5.73 Å². The van der Waals surface area contributed by atoms with Crippen LogP contribution in [0.1, 0.15) is 0 Å². The van der Waals surface area contributed by atoms with Crippen LogP contribution in [-0.4, -0.2) is 13.1 Å². The molecule has 0 fully saturated rings. The summed E-state index contributed by atoms with van der Waals surface area (Å²) in [5, 5.41) is 4.60. The third kappa shape index (κ3) is 2.06. The average molecular weight is 216 g/mol. The second kappa shape index (κ2) is 4.10. The maximum absolute atomic E-state index is 10.7. The predicted octanol–water partition coefficient (Wildman–Crippen LogP) is 2.34. The van der Waals surface area contributed by atoms with Crippen molar-refractivity contribution in [2.75, 3.05) is 12.4 Å². The van der Waals surface area contributed by atoms with Gasteiger partial charge in [0.15, 0.2) is 0 Å². The normalized spacial score (nSPS) is 10.1. The molecule has 0 saturated carbocycles. The molecular formula is C12H12N2O2. The lowest BCUT2D eigenvalue weighted by atomic mass is 10.1. The van der Waals surface area contributed by atoms with E-state index < -0.39 is 6.03 Å². The second-order valence-electron chi connectivity index (χ2n) is 3.42. The largest absolute Gasteiger partial charge is 0.497 e. The summed E-state index contributed by atoms with van der Waals surface area (Å²) in [6, 6.07) is 10.7. The van der Waals surface area contributed by atoms with Crippen molar-refractivity contribution in [3.05, 3.63) is 36.4 Å². The molecule has 2 rings (SSSR count). The van der Waals surface area contributed by atoms with E-state index in [1.165, 1.54) is 0 Å². The van der Waals surface area contributed by atoms with Crippen molar-refractivity contribution in [3.63, 3.8) is 0 Å². The summed E-state index contributed by atoms with van der Waals surface area (Å²) in [7, 11) is 1.63. The fourth-order valence-corrected chi connectivity index (χ4v) is 1.57. The number of benzene rings is 2. The molecule has 0 aromatic heterocycles. The van der Waals surface area contributed by atoms with Crippen LogP contribution in [0.2, 0.25) is 0 Å². The van der Waals surface area contributed by atoms with E-state index in [0.29, 0.717) is 5.69 Å². The highest BCUT2D eigenvalue weighted by Gasteiger charge is 2.00. The predicted molar refractivity (Wildman–Crippen MR) is 63.7 cm³/mol. The molecule has 0 aliphatic heterocycles. The van der Waals surface area contributed by atoms with Gasteiger partial charge in [0.05, 0.1) is 7.11 Å². The maximum Gasteiger partial charge on any atom is 0.316 e. The Morgan fingerprint density at radius 2 is 1.88 bits per heavy atom. The number of nitrogens with two attached hydrogens (primary N) is 1. The van der Waals surface area contributed by atoms with Crippen LogP contribution in [0.15, 0.2) is 36.4 Å². The zero-order valence-corrected chi connectivity index (χ0v) is 8.86. The van der Waals surface area contributed by atoms with E-state index in [0.717, 1.165) is 16.5 Å². The Morgan fingerprint density at radius 3 is 2.56 bits per heavy atom. The number of amides is 2. The van der Waals surface area contributed by atoms with E-state index in [4.69, 9.17) is 10.5 Å². The SMILES string of the molecule is COc1ccc2cc(NC(N)=O)ccc2c1. The number of hydrogen-bond donors (Lipinski definition) is 2. The molecular weight excluding hydrogens is 204 g/mol. The maximum atomic E-state index is 10.7. The molecule has 0 spiro atoms. The molecule has 0 unspecified atom stereocenters. The minimum Gasteiger partial charge on any atom is -0.497 e. The number of primary amides is 1. The van der Waals surface area contributed by atoms with Gasteiger partial charge in [0.25, 0.3) is 0 Å². The van der Waals surface area contributed by atoms with Gasteiger partial charge >= 0.3 is 6.03 Å². The van der Waals surface area contributed by atoms with Crippen LogP contribution in [0.25, 0.3) is 10.8 Å². The molecule has 0 radical (unpaired) electrons. The summed E-state index contributed by atoms with van der Waals surface area (Å²) in [4.78, 5) is 10.7. The summed E-state index contributed by atoms with van der Waals surface area (Å²) >= 11 is 0. The van der Waals surface area contributed by atoms with E-state index >= 15 is 0 Å². The van der Waals surface area contributed by atoms with Crippen molar-refractivity contribution < 1.29 is 9.53 Å². The fourth-order valence-electron chi connectivity index (χ4n) is 1.57. The van der Waals surface area contributed by atoms with Crippen molar-refractivity contribution in [1.82, 2.24) is 0 Å². The zero-order valence-electron chi connectivity index (χ0n) is 8.86. The molecule has 2 amide bonds. The van der Waals surface area contributed by atoms with E-state index in [1.807, 2.05) is 30.3 Å².